The topological polar surface area (TPSA) is 103 Å². The highest BCUT2D eigenvalue weighted by Crippen LogP contribution is 2.60. The highest BCUT2D eigenvalue weighted by molar-refractivity contribution is 6.72. The smallest absolute Gasteiger partial charge is 0.264 e. The number of amides is 3. The number of ether oxygens (including phenoxy) is 1. The van der Waals surface area contributed by atoms with Crippen molar-refractivity contribution < 1.29 is 28.3 Å². The molecule has 11 heteroatoms. The summed E-state index contributed by atoms with van der Waals surface area (Å²) in [6, 6.07) is 32.3. The second-order valence-corrected chi connectivity index (χ2v) is 19.3. The lowest BCUT2D eigenvalue weighted by atomic mass is 9.82. The van der Waals surface area contributed by atoms with Gasteiger partial charge in [-0.2, -0.15) is 5.10 Å². The number of anilines is 2. The first kappa shape index (κ1) is 36.0. The molecule has 4 heterocycles. The van der Waals surface area contributed by atoms with E-state index in [2.05, 4.69) is 0 Å². The lowest BCUT2D eigenvalue weighted by molar-refractivity contribution is -0.151. The first-order chi connectivity index (χ1) is 26.0. The Balaban J connectivity index is 1.09. The fourth-order valence-corrected chi connectivity index (χ4v) is 11.7. The molecule has 8 rings (SSSR count). The minimum atomic E-state index is -3.52. The van der Waals surface area contributed by atoms with Crippen molar-refractivity contribution in [2.45, 2.75) is 82.1 Å². The van der Waals surface area contributed by atoms with E-state index >= 15 is 4.11 Å². The van der Waals surface area contributed by atoms with E-state index < -0.39 is 37.6 Å². The average Bonchev–Trinajstić information content (AvgIpc) is 3.60. The minimum Gasteiger partial charge on any atom is -0.394 e. The summed E-state index contributed by atoms with van der Waals surface area (Å²) in [5.41, 5.74) is 4.54. The number of para-hydroxylation sites is 1. The molecule has 3 amide bonds. The van der Waals surface area contributed by atoms with E-state index in [4.69, 9.17) is 9.84 Å². The van der Waals surface area contributed by atoms with Crippen LogP contribution in [0.3, 0.4) is 0 Å². The molecule has 1 spiro atoms. The van der Waals surface area contributed by atoms with E-state index in [1.165, 1.54) is 5.01 Å². The third-order valence-electron chi connectivity index (χ3n) is 11.8. The first-order valence-corrected chi connectivity index (χ1v) is 21.7. The molecule has 54 heavy (non-hydrogen) atoms. The summed E-state index contributed by atoms with van der Waals surface area (Å²) in [6.07, 6.45) is 0.489. The van der Waals surface area contributed by atoms with E-state index in [0.29, 0.717) is 42.7 Å². The van der Waals surface area contributed by atoms with Gasteiger partial charge in [0.25, 0.3) is 5.91 Å². The molecule has 0 radical (unpaired) electrons. The molecule has 4 aromatic carbocycles. The monoisotopic (exact) mass is 744 g/mol. The van der Waals surface area contributed by atoms with Gasteiger partial charge in [-0.25, -0.2) is 5.01 Å². The third-order valence-corrected chi connectivity index (χ3v) is 14.2. The number of hydrogen-bond donors (Lipinski definition) is 1. The van der Waals surface area contributed by atoms with Crippen molar-refractivity contribution in [1.29, 1.82) is 0 Å². The van der Waals surface area contributed by atoms with Crippen molar-refractivity contribution in [1.82, 2.24) is 4.90 Å². The van der Waals surface area contributed by atoms with Crippen LogP contribution in [-0.2, 0) is 44.2 Å². The summed E-state index contributed by atoms with van der Waals surface area (Å²) in [7, 11) is -3.52. The van der Waals surface area contributed by atoms with Gasteiger partial charge in [-0.15, -0.1) is 0 Å². The number of rotatable bonds is 8. The Bertz CT molecular complexity index is 2140. The maximum atomic E-state index is 16.5. The van der Waals surface area contributed by atoms with Crippen LogP contribution in [0.25, 0.3) is 0 Å². The van der Waals surface area contributed by atoms with Crippen LogP contribution in [0.2, 0.25) is 18.6 Å². The number of carbonyl (C=O) groups is 3. The molecule has 4 aliphatic heterocycles. The summed E-state index contributed by atoms with van der Waals surface area (Å²) in [5.74, 6) is -1.18. The zero-order valence-corrected chi connectivity index (χ0v) is 31.8. The highest BCUT2D eigenvalue weighted by Gasteiger charge is 2.67. The molecule has 0 bridgehead atoms. The molecule has 0 unspecified atom stereocenters. The number of hydrogen-bond acceptors (Lipinski definition) is 6. The van der Waals surface area contributed by atoms with E-state index in [0.717, 1.165) is 28.0 Å². The number of aliphatic hydroxyl groups is 1. The zero-order valence-electron chi connectivity index (χ0n) is 30.8. The Labute approximate surface area is 316 Å². The van der Waals surface area contributed by atoms with Crippen LogP contribution in [0, 0.1) is 5.92 Å². The van der Waals surface area contributed by atoms with E-state index in [9.17, 15) is 19.5 Å². The predicted molar refractivity (Wildman–Crippen MR) is 208 cm³/mol. The Morgan fingerprint density at radius 3 is 2.43 bits per heavy atom. The van der Waals surface area contributed by atoms with E-state index in [-0.39, 0.29) is 37.3 Å². The molecule has 5 atom stereocenters. The van der Waals surface area contributed by atoms with Gasteiger partial charge in [0.2, 0.25) is 20.2 Å². The normalized spacial score (nSPS) is 25.2. The van der Waals surface area contributed by atoms with Crippen LogP contribution in [0.4, 0.5) is 15.5 Å². The van der Waals surface area contributed by atoms with Crippen molar-refractivity contribution in [2.24, 2.45) is 11.0 Å². The van der Waals surface area contributed by atoms with Crippen LogP contribution in [0.15, 0.2) is 108 Å². The number of hydrazone groups is 1. The standard InChI is InChI=1S/C43H45FN4O5Si/c1-28-41(54(2,3)44)38(24-40(51)46-26-32-16-8-7-15-31(32)23-34(46)27-49)53-43(28)35-18-9-10-19-37(35)47(42(43)52)25-29-12-11-17-33(22-29)48-39(50)21-20-36(45-48)30-13-5-4-6-14-30/h4-19,22,28,34,38,41,49H,20-21,23-27H2,1-3H3/t28-,34+,38+,41-,43+/m1/s1. The number of aliphatic hydroxyl groups excluding tert-OH is 1. The maximum Gasteiger partial charge on any atom is 0.264 e. The van der Waals surface area contributed by atoms with Gasteiger partial charge in [0.05, 0.1) is 48.8 Å². The van der Waals surface area contributed by atoms with Crippen molar-refractivity contribution in [3.8, 4) is 0 Å². The highest BCUT2D eigenvalue weighted by atomic mass is 28.4. The van der Waals surface area contributed by atoms with E-state index in [1.54, 1.807) is 22.9 Å². The lowest BCUT2D eigenvalue weighted by Gasteiger charge is -2.37. The third kappa shape index (κ3) is 6.17. The van der Waals surface area contributed by atoms with Gasteiger partial charge in [-0.05, 0) is 60.0 Å². The Kier molecular flexibility index (Phi) is 9.36. The summed E-state index contributed by atoms with van der Waals surface area (Å²) >= 11 is 0. The molecule has 278 valence electrons. The molecule has 0 aromatic heterocycles. The quantitative estimate of drug-likeness (QED) is 0.157. The second kappa shape index (κ2) is 14.0. The first-order valence-electron chi connectivity index (χ1n) is 18.8. The van der Waals surface area contributed by atoms with Crippen LogP contribution < -0.4 is 9.91 Å². The number of fused-ring (bicyclic) bond motifs is 3. The van der Waals surface area contributed by atoms with Gasteiger partial charge in [0.15, 0.2) is 5.60 Å². The van der Waals surface area contributed by atoms with Crippen LogP contribution in [0.5, 0.6) is 0 Å². The van der Waals surface area contributed by atoms with Gasteiger partial charge in [0, 0.05) is 36.4 Å². The zero-order chi connectivity index (χ0) is 37.8. The average molecular weight is 745 g/mol. The van der Waals surface area contributed by atoms with Crippen molar-refractivity contribution in [2.75, 3.05) is 16.5 Å². The molecular weight excluding hydrogens is 700 g/mol. The SMILES string of the molecule is C[C@@H]1[C@@H]([Si](C)(C)F)[C@H](CC(=O)N2Cc3ccccc3C[C@H]2CO)O[C@@]12C(=O)N(Cc1cccc(N3N=C(c4ccccc4)CCC3=O)c1)c1ccccc12. The van der Waals surface area contributed by atoms with Crippen LogP contribution in [0.1, 0.15) is 54.0 Å². The molecule has 0 saturated carbocycles. The van der Waals surface area contributed by atoms with Crippen LogP contribution >= 0.6 is 0 Å². The molecule has 1 N–H and O–H groups in total. The predicted octanol–water partition coefficient (Wildman–Crippen LogP) is 6.88. The van der Waals surface area contributed by atoms with Gasteiger partial charge in [-0.1, -0.05) is 91.9 Å². The number of nitrogens with zero attached hydrogens (tertiary/aromatic N) is 4. The lowest BCUT2D eigenvalue weighted by Crippen LogP contribution is -2.48. The van der Waals surface area contributed by atoms with E-state index in [1.807, 2.05) is 110 Å². The summed E-state index contributed by atoms with van der Waals surface area (Å²) < 4.78 is 23.4. The van der Waals surface area contributed by atoms with Gasteiger partial charge in [0.1, 0.15) is 0 Å². The maximum absolute atomic E-state index is 16.5. The molecule has 4 aliphatic rings. The molecule has 4 aromatic rings. The molecule has 0 aliphatic carbocycles. The van der Waals surface area contributed by atoms with Crippen molar-refractivity contribution in [3.63, 3.8) is 0 Å². The second-order valence-electron chi connectivity index (χ2n) is 15.5. The molecule has 9 nitrogen and oxygen atoms in total. The molecule has 1 saturated heterocycles. The van der Waals surface area contributed by atoms with Crippen molar-refractivity contribution >= 4 is 43.2 Å². The van der Waals surface area contributed by atoms with Gasteiger partial charge < -0.3 is 23.8 Å². The van der Waals surface area contributed by atoms with Crippen molar-refractivity contribution in [3.05, 3.63) is 131 Å². The van der Waals surface area contributed by atoms with Gasteiger partial charge in [-0.3, -0.25) is 14.4 Å². The number of halogens is 1. The Morgan fingerprint density at radius 1 is 0.944 bits per heavy atom. The Hall–Kier alpha value is -4.97. The number of carbonyl (C=O) groups excluding carboxylic acids is 3. The fourth-order valence-electron chi connectivity index (χ4n) is 9.25. The van der Waals surface area contributed by atoms with Gasteiger partial charge >= 0.3 is 0 Å². The summed E-state index contributed by atoms with van der Waals surface area (Å²) in [6.45, 7) is 5.50. The summed E-state index contributed by atoms with van der Waals surface area (Å²) in [4.78, 5) is 45.6. The molecular formula is C43H45FN4O5Si. The summed E-state index contributed by atoms with van der Waals surface area (Å²) in [5, 5.41) is 16.5. The number of benzene rings is 4. The van der Waals surface area contributed by atoms with Crippen LogP contribution in [-0.4, -0.2) is 60.6 Å². The largest absolute Gasteiger partial charge is 0.394 e. The molecule has 1 fully saturated rings. The minimum absolute atomic E-state index is 0.0946. The Morgan fingerprint density at radius 2 is 1.67 bits per heavy atom. The fraction of sp³-hybridized carbons (Fsp3) is 0.349.